The first-order chi connectivity index (χ1) is 9.22. The number of fused-ring (bicyclic) bond motifs is 1. The van der Waals surface area contributed by atoms with E-state index in [1.165, 1.54) is 23.9 Å². The van der Waals surface area contributed by atoms with Gasteiger partial charge in [-0.2, -0.15) is 10.2 Å². The molecule has 4 rings (SSSR count). The Bertz CT molecular complexity index is 763. The van der Waals surface area contributed by atoms with Crippen LogP contribution in [0.25, 0.3) is 22.3 Å². The van der Waals surface area contributed by atoms with Gasteiger partial charge in [0.05, 0.1) is 23.6 Å². The zero-order valence-corrected chi connectivity index (χ0v) is 11.0. The molecule has 3 aromatic heterocycles. The van der Waals surface area contributed by atoms with Crippen LogP contribution in [0.15, 0.2) is 24.7 Å². The van der Waals surface area contributed by atoms with Gasteiger partial charge in [0.25, 0.3) is 0 Å². The molecule has 0 atom stereocenters. The van der Waals surface area contributed by atoms with Crippen molar-refractivity contribution in [1.29, 1.82) is 0 Å². The van der Waals surface area contributed by atoms with E-state index < -0.39 is 0 Å². The minimum atomic E-state index is 0.677. The lowest BCUT2D eigenvalue weighted by Crippen LogP contribution is -1.95. The molecule has 0 unspecified atom stereocenters. The van der Waals surface area contributed by atoms with Crippen LogP contribution in [0.1, 0.15) is 24.3 Å². The lowest BCUT2D eigenvalue weighted by Gasteiger charge is -2.06. The summed E-state index contributed by atoms with van der Waals surface area (Å²) in [6.07, 6.45) is 8.26. The van der Waals surface area contributed by atoms with Crippen molar-refractivity contribution in [1.82, 2.24) is 24.5 Å². The molecule has 1 aliphatic rings. The highest BCUT2D eigenvalue weighted by molar-refractivity contribution is 5.82. The summed E-state index contributed by atoms with van der Waals surface area (Å²) in [4.78, 5) is 4.71. The van der Waals surface area contributed by atoms with Gasteiger partial charge in [-0.05, 0) is 30.4 Å². The van der Waals surface area contributed by atoms with Crippen LogP contribution in [-0.4, -0.2) is 24.5 Å². The third-order valence-electron chi connectivity index (χ3n) is 3.74. The normalized spacial score (nSPS) is 15.3. The van der Waals surface area contributed by atoms with E-state index in [9.17, 15) is 0 Å². The van der Waals surface area contributed by atoms with Gasteiger partial charge >= 0.3 is 0 Å². The standard InChI is InChI=1S/C14H15N5/c1-18-8-10(6-15-18)12-5-11(9-3-4-9)14-13(17-12)7-16-19(14)2/h5-9H,3-4H2,1-2H3. The summed E-state index contributed by atoms with van der Waals surface area (Å²) in [5.41, 5.74) is 5.59. The van der Waals surface area contributed by atoms with Crippen LogP contribution in [0.3, 0.4) is 0 Å². The molecule has 0 aliphatic heterocycles. The summed E-state index contributed by atoms with van der Waals surface area (Å²) in [6.45, 7) is 0. The quantitative estimate of drug-likeness (QED) is 0.703. The van der Waals surface area contributed by atoms with Crippen molar-refractivity contribution in [3.63, 3.8) is 0 Å². The molecule has 0 amide bonds. The van der Waals surface area contributed by atoms with Gasteiger partial charge in [-0.1, -0.05) is 0 Å². The van der Waals surface area contributed by atoms with Gasteiger partial charge in [0, 0.05) is 25.9 Å². The fourth-order valence-corrected chi connectivity index (χ4v) is 2.63. The van der Waals surface area contributed by atoms with Crippen molar-refractivity contribution in [2.45, 2.75) is 18.8 Å². The molecule has 1 saturated carbocycles. The van der Waals surface area contributed by atoms with Crippen molar-refractivity contribution in [2.75, 3.05) is 0 Å². The molecule has 3 heterocycles. The lowest BCUT2D eigenvalue weighted by atomic mass is 10.1. The first-order valence-electron chi connectivity index (χ1n) is 6.54. The van der Waals surface area contributed by atoms with E-state index in [0.29, 0.717) is 5.92 Å². The molecule has 5 heteroatoms. The van der Waals surface area contributed by atoms with Crippen LogP contribution >= 0.6 is 0 Å². The van der Waals surface area contributed by atoms with Crippen molar-refractivity contribution >= 4 is 11.0 Å². The van der Waals surface area contributed by atoms with E-state index in [0.717, 1.165) is 16.8 Å². The summed E-state index contributed by atoms with van der Waals surface area (Å²) >= 11 is 0. The Kier molecular flexibility index (Phi) is 2.07. The second-order valence-electron chi connectivity index (χ2n) is 5.28. The maximum Gasteiger partial charge on any atom is 0.109 e. The molecule has 1 fully saturated rings. The van der Waals surface area contributed by atoms with Crippen molar-refractivity contribution < 1.29 is 0 Å². The second kappa shape index (κ2) is 3.66. The molecule has 1 aliphatic carbocycles. The Morgan fingerprint density at radius 3 is 2.68 bits per heavy atom. The molecule has 0 spiro atoms. The van der Waals surface area contributed by atoms with Gasteiger partial charge in [-0.3, -0.25) is 9.36 Å². The molecule has 0 aromatic carbocycles. The highest BCUT2D eigenvalue weighted by Crippen LogP contribution is 2.43. The Labute approximate surface area is 110 Å². The van der Waals surface area contributed by atoms with Crippen LogP contribution in [0, 0.1) is 0 Å². The summed E-state index contributed by atoms with van der Waals surface area (Å²) in [7, 11) is 3.91. The maximum absolute atomic E-state index is 4.71. The molecule has 19 heavy (non-hydrogen) atoms. The molecule has 3 aromatic rings. The Morgan fingerprint density at radius 1 is 1.16 bits per heavy atom. The lowest BCUT2D eigenvalue weighted by molar-refractivity contribution is 0.768. The molecule has 96 valence electrons. The fraction of sp³-hybridized carbons (Fsp3) is 0.357. The number of nitrogens with zero attached hydrogens (tertiary/aromatic N) is 5. The van der Waals surface area contributed by atoms with Gasteiger partial charge < -0.3 is 0 Å². The number of rotatable bonds is 2. The van der Waals surface area contributed by atoms with Crippen LogP contribution in [0.5, 0.6) is 0 Å². The first-order valence-corrected chi connectivity index (χ1v) is 6.54. The highest BCUT2D eigenvalue weighted by Gasteiger charge is 2.28. The fourth-order valence-electron chi connectivity index (χ4n) is 2.63. The summed E-state index contributed by atoms with van der Waals surface area (Å²) in [5.74, 6) is 0.677. The third-order valence-corrected chi connectivity index (χ3v) is 3.74. The minimum Gasteiger partial charge on any atom is -0.275 e. The van der Waals surface area contributed by atoms with Crippen LogP contribution in [-0.2, 0) is 14.1 Å². The van der Waals surface area contributed by atoms with Gasteiger partial charge in [-0.25, -0.2) is 4.98 Å². The Balaban J connectivity index is 1.97. The van der Waals surface area contributed by atoms with E-state index in [4.69, 9.17) is 4.98 Å². The first kappa shape index (κ1) is 10.7. The zero-order chi connectivity index (χ0) is 13.0. The monoisotopic (exact) mass is 253 g/mol. The molecule has 0 saturated heterocycles. The highest BCUT2D eigenvalue weighted by atomic mass is 15.3. The number of hydrogen-bond donors (Lipinski definition) is 0. The van der Waals surface area contributed by atoms with E-state index in [1.807, 2.05) is 37.4 Å². The van der Waals surface area contributed by atoms with Crippen LogP contribution in [0.2, 0.25) is 0 Å². The number of aryl methyl sites for hydroxylation is 2. The van der Waals surface area contributed by atoms with Crippen LogP contribution in [0.4, 0.5) is 0 Å². The van der Waals surface area contributed by atoms with E-state index in [1.54, 1.807) is 4.68 Å². The Hall–Kier alpha value is -2.17. The molecule has 0 N–H and O–H groups in total. The third kappa shape index (κ3) is 1.65. The van der Waals surface area contributed by atoms with Gasteiger partial charge in [0.2, 0.25) is 0 Å². The molecule has 0 radical (unpaired) electrons. The van der Waals surface area contributed by atoms with Gasteiger partial charge in [-0.15, -0.1) is 0 Å². The number of hydrogen-bond acceptors (Lipinski definition) is 3. The largest absolute Gasteiger partial charge is 0.275 e. The maximum atomic E-state index is 4.71. The topological polar surface area (TPSA) is 48.5 Å². The predicted octanol–water partition coefficient (Wildman–Crippen LogP) is 2.25. The predicted molar refractivity (Wildman–Crippen MR) is 72.7 cm³/mol. The van der Waals surface area contributed by atoms with Crippen LogP contribution < -0.4 is 0 Å². The van der Waals surface area contributed by atoms with Gasteiger partial charge in [0.15, 0.2) is 0 Å². The summed E-state index contributed by atoms with van der Waals surface area (Å²) in [6, 6.07) is 2.21. The van der Waals surface area contributed by atoms with Crippen molar-refractivity contribution in [3.8, 4) is 11.3 Å². The second-order valence-corrected chi connectivity index (χ2v) is 5.28. The molecule has 0 bridgehead atoms. The smallest absolute Gasteiger partial charge is 0.109 e. The van der Waals surface area contributed by atoms with E-state index in [-0.39, 0.29) is 0 Å². The zero-order valence-electron chi connectivity index (χ0n) is 11.0. The number of aromatic nitrogens is 5. The van der Waals surface area contributed by atoms with Crippen molar-refractivity contribution in [2.24, 2.45) is 14.1 Å². The van der Waals surface area contributed by atoms with E-state index in [2.05, 4.69) is 16.3 Å². The average Bonchev–Trinajstić information content (AvgIpc) is 3.06. The van der Waals surface area contributed by atoms with Gasteiger partial charge in [0.1, 0.15) is 5.52 Å². The summed E-state index contributed by atoms with van der Waals surface area (Å²) < 4.78 is 3.74. The van der Waals surface area contributed by atoms with E-state index >= 15 is 0 Å². The SMILES string of the molecule is Cn1cc(-c2cc(C3CC3)c3c(cnn3C)n2)cn1. The minimum absolute atomic E-state index is 0.677. The number of pyridine rings is 1. The Morgan fingerprint density at radius 2 is 2.00 bits per heavy atom. The molecule has 5 nitrogen and oxygen atoms in total. The van der Waals surface area contributed by atoms with Crippen molar-refractivity contribution in [3.05, 3.63) is 30.2 Å². The molecular weight excluding hydrogens is 238 g/mol. The average molecular weight is 253 g/mol. The summed E-state index contributed by atoms with van der Waals surface area (Å²) in [5, 5.41) is 8.56. The molecular formula is C14H15N5.